The molecule has 4 N–H and O–H groups in total. The van der Waals surface area contributed by atoms with Crippen LogP contribution in [0.1, 0.15) is 0 Å². The van der Waals surface area contributed by atoms with Crippen LogP contribution in [0.2, 0.25) is 0 Å². The molecule has 0 aromatic carbocycles. The Morgan fingerprint density at radius 2 is 2.00 bits per heavy atom. The third-order valence-corrected chi connectivity index (χ3v) is 2.07. The van der Waals surface area contributed by atoms with Crippen LogP contribution >= 0.6 is 7.60 Å². The number of hydrogen-bond donors (Lipinski definition) is 3. The third kappa shape index (κ3) is 10.2. The number of ether oxygens (including phenoxy) is 2. The summed E-state index contributed by atoms with van der Waals surface area (Å²) in [6.07, 6.45) is 0.648. The molecule has 0 aliphatic heterocycles. The Labute approximate surface area is 153 Å². The zero-order valence-electron chi connectivity index (χ0n) is 10.7. The van der Waals surface area contributed by atoms with Crippen molar-refractivity contribution in [1.82, 2.24) is 9.55 Å². The van der Waals surface area contributed by atoms with Gasteiger partial charge in [0.2, 0.25) is 0 Å². The molecule has 0 saturated carbocycles. The monoisotopic (exact) mass is 311 g/mol. The van der Waals surface area contributed by atoms with E-state index in [1.165, 1.54) is 12.3 Å². The van der Waals surface area contributed by atoms with E-state index >= 15 is 0 Å². The molecule has 1 aromatic rings. The number of aromatic nitrogens is 2. The first kappa shape index (κ1) is 22.0. The van der Waals surface area contributed by atoms with Crippen LogP contribution in [0.4, 0.5) is 5.82 Å². The predicted molar refractivity (Wildman–Crippen MR) is 68.4 cm³/mol. The normalized spacial score (nSPS) is 10.4. The summed E-state index contributed by atoms with van der Waals surface area (Å²) >= 11 is 0. The Morgan fingerprint density at radius 3 is 2.53 bits per heavy atom. The standard InChI is InChI=1S/C7H12N3O6P.2Na/c8-6-1-2-10(7(11)9-6)3-15-4-16-5-17(12,13)14;;/h1-2H,3-5H2,(H2,8,9,11)(H2,12,13,14);;. The van der Waals surface area contributed by atoms with E-state index in [4.69, 9.17) is 20.3 Å². The fraction of sp³-hybridized carbons (Fsp3) is 0.429. The zero-order chi connectivity index (χ0) is 12.9. The largest absolute Gasteiger partial charge is 0.383 e. The van der Waals surface area contributed by atoms with Gasteiger partial charge in [0.1, 0.15) is 19.3 Å². The van der Waals surface area contributed by atoms with Crippen LogP contribution in [-0.4, -0.2) is 91.6 Å². The number of nitrogen functional groups attached to an aromatic ring is 1. The van der Waals surface area contributed by atoms with Gasteiger partial charge in [0, 0.05) is 65.3 Å². The van der Waals surface area contributed by atoms with Gasteiger partial charge in [-0.05, 0) is 6.07 Å². The van der Waals surface area contributed by atoms with Crippen molar-refractivity contribution in [2.24, 2.45) is 0 Å². The summed E-state index contributed by atoms with van der Waals surface area (Å²) in [5.74, 6) is 0.101. The van der Waals surface area contributed by atoms with Crippen molar-refractivity contribution < 1.29 is 23.8 Å². The molecule has 0 aliphatic rings. The van der Waals surface area contributed by atoms with Gasteiger partial charge in [0.05, 0.1) is 0 Å². The van der Waals surface area contributed by atoms with Crippen molar-refractivity contribution in [3.05, 3.63) is 22.7 Å². The van der Waals surface area contributed by atoms with Crippen molar-refractivity contribution in [1.29, 1.82) is 0 Å². The number of rotatable bonds is 6. The molecule has 9 nitrogen and oxygen atoms in total. The van der Waals surface area contributed by atoms with Gasteiger partial charge < -0.3 is 25.0 Å². The summed E-state index contributed by atoms with van der Waals surface area (Å²) in [7, 11) is -4.19. The zero-order valence-corrected chi connectivity index (χ0v) is 15.6. The minimum Gasteiger partial charge on any atom is -0.383 e. The summed E-state index contributed by atoms with van der Waals surface area (Å²) in [5, 5.41) is 0. The molecule has 0 aliphatic carbocycles. The Hall–Kier alpha value is 0.750. The number of anilines is 1. The maximum Gasteiger partial charge on any atom is 0.351 e. The van der Waals surface area contributed by atoms with Crippen molar-refractivity contribution in [3.8, 4) is 0 Å². The Balaban J connectivity index is 0. The first-order valence-corrected chi connectivity index (χ1v) is 6.21. The molecule has 98 valence electrons. The second kappa shape index (κ2) is 10.5. The number of nitrogens with zero attached hydrogens (tertiary/aromatic N) is 2. The molecule has 0 spiro atoms. The predicted octanol–water partition coefficient (Wildman–Crippen LogP) is -1.85. The van der Waals surface area contributed by atoms with E-state index in [1.54, 1.807) is 0 Å². The molecular weight excluding hydrogens is 299 g/mol. The number of hydrogen-bond acceptors (Lipinski definition) is 6. The molecule has 0 fully saturated rings. The van der Waals surface area contributed by atoms with E-state index in [2.05, 4.69) is 9.72 Å². The molecule has 1 rings (SSSR count). The maximum absolute atomic E-state index is 11.2. The van der Waals surface area contributed by atoms with E-state index in [-0.39, 0.29) is 78.5 Å². The fourth-order valence-corrected chi connectivity index (χ4v) is 1.20. The summed E-state index contributed by atoms with van der Waals surface area (Å²) < 4.78 is 20.9. The van der Waals surface area contributed by atoms with Crippen LogP contribution in [0.3, 0.4) is 0 Å². The Bertz CT molecular complexity index is 478. The van der Waals surface area contributed by atoms with Crippen molar-refractivity contribution in [3.63, 3.8) is 0 Å². The van der Waals surface area contributed by atoms with Gasteiger partial charge in [0.25, 0.3) is 0 Å². The minimum atomic E-state index is -4.19. The fourth-order valence-electron chi connectivity index (χ4n) is 0.891. The summed E-state index contributed by atoms with van der Waals surface area (Å²) in [6.45, 7) is -0.491. The average molecular weight is 311 g/mol. The van der Waals surface area contributed by atoms with Gasteiger partial charge in [-0.25, -0.2) is 4.79 Å². The van der Waals surface area contributed by atoms with Crippen LogP contribution in [-0.2, 0) is 20.8 Å². The maximum atomic E-state index is 11.2. The Kier molecular flexibility index (Phi) is 12.1. The molecule has 19 heavy (non-hydrogen) atoms. The van der Waals surface area contributed by atoms with Crippen LogP contribution < -0.4 is 11.4 Å². The molecule has 0 saturated heterocycles. The van der Waals surface area contributed by atoms with E-state index in [0.717, 1.165) is 4.57 Å². The van der Waals surface area contributed by atoms with Crippen LogP contribution in [0.5, 0.6) is 0 Å². The first-order valence-electron chi connectivity index (χ1n) is 4.41. The molecule has 1 heterocycles. The first-order chi connectivity index (χ1) is 7.88. The minimum absolute atomic E-state index is 0. The molecule has 2 radical (unpaired) electrons. The second-order valence-corrected chi connectivity index (χ2v) is 4.64. The van der Waals surface area contributed by atoms with Gasteiger partial charge in [0.15, 0.2) is 6.35 Å². The van der Waals surface area contributed by atoms with Crippen molar-refractivity contribution in [2.45, 2.75) is 6.73 Å². The van der Waals surface area contributed by atoms with Gasteiger partial charge in [-0.15, -0.1) is 0 Å². The topological polar surface area (TPSA) is 137 Å². The summed E-state index contributed by atoms with van der Waals surface area (Å²) in [5.41, 5.74) is 4.69. The quantitative estimate of drug-likeness (QED) is 0.241. The molecule has 0 unspecified atom stereocenters. The van der Waals surface area contributed by atoms with Crippen LogP contribution in [0.25, 0.3) is 0 Å². The molecule has 0 bridgehead atoms. The van der Waals surface area contributed by atoms with Gasteiger partial charge in [-0.1, -0.05) is 0 Å². The molecular formula is C7H12N3Na2O6P. The van der Waals surface area contributed by atoms with Crippen LogP contribution in [0.15, 0.2) is 17.1 Å². The summed E-state index contributed by atoms with van der Waals surface area (Å²) in [6, 6.07) is 1.42. The van der Waals surface area contributed by atoms with Crippen molar-refractivity contribution in [2.75, 3.05) is 18.9 Å². The van der Waals surface area contributed by atoms with E-state index in [0.29, 0.717) is 0 Å². The molecule has 0 amide bonds. The second-order valence-electron chi connectivity index (χ2n) is 3.05. The third-order valence-electron chi connectivity index (χ3n) is 1.55. The van der Waals surface area contributed by atoms with Crippen LogP contribution in [0, 0.1) is 0 Å². The molecule has 1 aromatic heterocycles. The smallest absolute Gasteiger partial charge is 0.351 e. The van der Waals surface area contributed by atoms with E-state index in [9.17, 15) is 9.36 Å². The molecule has 12 heteroatoms. The molecule has 0 atom stereocenters. The van der Waals surface area contributed by atoms with E-state index in [1.807, 2.05) is 0 Å². The SMILES string of the molecule is Nc1ccn(COCOCP(=O)(O)O)c(=O)n1.[Na].[Na]. The number of nitrogens with two attached hydrogens (primary N) is 1. The van der Waals surface area contributed by atoms with E-state index < -0.39 is 19.6 Å². The van der Waals surface area contributed by atoms with Gasteiger partial charge >= 0.3 is 13.3 Å². The summed E-state index contributed by atoms with van der Waals surface area (Å²) in [4.78, 5) is 31.6. The van der Waals surface area contributed by atoms with Crippen molar-refractivity contribution >= 4 is 72.5 Å². The van der Waals surface area contributed by atoms with Gasteiger partial charge in [-0.3, -0.25) is 9.13 Å². The average Bonchev–Trinajstić information content (AvgIpc) is 2.18. The van der Waals surface area contributed by atoms with Gasteiger partial charge in [-0.2, -0.15) is 4.98 Å². The Morgan fingerprint density at radius 1 is 1.37 bits per heavy atom.